The minimum atomic E-state index is -0.109. The van der Waals surface area contributed by atoms with Crippen molar-refractivity contribution < 1.29 is 10.1 Å². The summed E-state index contributed by atoms with van der Waals surface area (Å²) in [5.74, 6) is -0.0576. The molecule has 0 spiro atoms. The summed E-state index contributed by atoms with van der Waals surface area (Å²) in [4.78, 5) is 16.2. The Hall–Kier alpha value is -2.36. The number of thiophene rings is 1. The molecule has 2 aliphatic heterocycles. The van der Waals surface area contributed by atoms with E-state index in [0.717, 1.165) is 37.1 Å². The molecule has 0 unspecified atom stereocenters. The van der Waals surface area contributed by atoms with Crippen LogP contribution >= 0.6 is 11.3 Å². The average Bonchev–Trinajstić information content (AvgIpc) is 2.98. The van der Waals surface area contributed by atoms with E-state index in [1.165, 1.54) is 10.4 Å². The van der Waals surface area contributed by atoms with E-state index >= 15 is 0 Å². The average molecular weight is 410 g/mol. The highest BCUT2D eigenvalue weighted by molar-refractivity contribution is 7.16. The molecule has 0 aliphatic carbocycles. The summed E-state index contributed by atoms with van der Waals surface area (Å²) in [5.41, 5.74) is 4.12. The molecule has 0 bridgehead atoms. The second-order valence-electron chi connectivity index (χ2n) is 9.46. The van der Waals surface area contributed by atoms with Crippen LogP contribution in [0.25, 0.3) is 0 Å². The minimum Gasteiger partial charge on any atom is -0.362 e. The summed E-state index contributed by atoms with van der Waals surface area (Å²) in [6, 6.07) is 10.7. The Balaban J connectivity index is 1.58. The summed E-state index contributed by atoms with van der Waals surface area (Å²) in [5, 5.41) is 16.0. The van der Waals surface area contributed by atoms with Crippen LogP contribution < -0.4 is 15.5 Å². The number of nitrogens with zero attached hydrogens (tertiary/aromatic N) is 2. The number of nitrogens with one attached hydrogen (secondary N) is 1. The molecule has 152 valence electrons. The van der Waals surface area contributed by atoms with Gasteiger partial charge in [0.05, 0.1) is 22.5 Å². The Kier molecular flexibility index (Phi) is 4.92. The SMILES string of the molecule is CC1(C)Cc2c(sc(NC(=O)CN3CCCc4ccccc43)c2C#N)C(C)(C)[NH2+]1. The van der Waals surface area contributed by atoms with Crippen molar-refractivity contribution in [1.29, 1.82) is 5.26 Å². The molecule has 0 atom stereocenters. The van der Waals surface area contributed by atoms with Gasteiger partial charge in [-0.25, -0.2) is 0 Å². The van der Waals surface area contributed by atoms with Crippen molar-refractivity contribution >= 4 is 27.9 Å². The summed E-state index contributed by atoms with van der Waals surface area (Å²) >= 11 is 1.57. The third kappa shape index (κ3) is 3.77. The number of hydrogen-bond donors (Lipinski definition) is 2. The fourth-order valence-corrected chi connectivity index (χ4v) is 6.28. The van der Waals surface area contributed by atoms with Gasteiger partial charge in [0.25, 0.3) is 0 Å². The molecule has 0 saturated heterocycles. The third-order valence-corrected chi connectivity index (χ3v) is 7.37. The van der Waals surface area contributed by atoms with Gasteiger partial charge in [0.1, 0.15) is 16.6 Å². The molecule has 1 aromatic carbocycles. The molecule has 4 rings (SSSR count). The van der Waals surface area contributed by atoms with Crippen LogP contribution in [0.15, 0.2) is 24.3 Å². The van der Waals surface area contributed by atoms with E-state index in [2.05, 4.69) is 67.5 Å². The number of fused-ring (bicyclic) bond motifs is 2. The normalized spacial score (nSPS) is 19.1. The Labute approximate surface area is 176 Å². The Morgan fingerprint density at radius 1 is 1.31 bits per heavy atom. The first-order valence-corrected chi connectivity index (χ1v) is 11.1. The van der Waals surface area contributed by atoms with Crippen molar-refractivity contribution in [2.75, 3.05) is 23.3 Å². The molecule has 5 nitrogen and oxygen atoms in total. The number of rotatable bonds is 3. The van der Waals surface area contributed by atoms with Crippen molar-refractivity contribution in [1.82, 2.24) is 0 Å². The number of anilines is 2. The van der Waals surface area contributed by atoms with Gasteiger partial charge in [0.15, 0.2) is 0 Å². The fraction of sp³-hybridized carbons (Fsp3) is 0.478. The van der Waals surface area contributed by atoms with Gasteiger partial charge in [-0.15, -0.1) is 11.3 Å². The van der Waals surface area contributed by atoms with Crippen LogP contribution in [0.1, 0.15) is 55.7 Å². The first kappa shape index (κ1) is 19.9. The van der Waals surface area contributed by atoms with E-state index in [1.54, 1.807) is 11.3 Å². The lowest BCUT2D eigenvalue weighted by molar-refractivity contribution is -0.789. The van der Waals surface area contributed by atoms with Crippen LogP contribution in [0.3, 0.4) is 0 Å². The topological polar surface area (TPSA) is 72.7 Å². The molecule has 3 heterocycles. The Morgan fingerprint density at radius 2 is 2.07 bits per heavy atom. The predicted molar refractivity (Wildman–Crippen MR) is 117 cm³/mol. The van der Waals surface area contributed by atoms with E-state index in [9.17, 15) is 10.1 Å². The number of aryl methyl sites for hydroxylation is 1. The lowest BCUT2D eigenvalue weighted by atomic mass is 9.81. The summed E-state index contributed by atoms with van der Waals surface area (Å²) in [7, 11) is 0. The van der Waals surface area contributed by atoms with Crippen molar-refractivity contribution in [2.24, 2.45) is 0 Å². The number of benzene rings is 1. The van der Waals surface area contributed by atoms with Gasteiger partial charge < -0.3 is 15.5 Å². The van der Waals surface area contributed by atoms with Gasteiger partial charge in [-0.2, -0.15) is 5.26 Å². The first-order valence-electron chi connectivity index (χ1n) is 10.3. The number of quaternary nitrogens is 1. The van der Waals surface area contributed by atoms with E-state index in [1.807, 2.05) is 6.07 Å². The molecule has 2 aromatic rings. The first-order chi connectivity index (χ1) is 13.7. The van der Waals surface area contributed by atoms with Gasteiger partial charge >= 0.3 is 0 Å². The van der Waals surface area contributed by atoms with Gasteiger partial charge in [0.2, 0.25) is 5.91 Å². The molecular weight excluding hydrogens is 380 g/mol. The quantitative estimate of drug-likeness (QED) is 0.818. The van der Waals surface area contributed by atoms with Crippen molar-refractivity contribution in [3.63, 3.8) is 0 Å². The molecule has 1 aromatic heterocycles. The highest BCUT2D eigenvalue weighted by Crippen LogP contribution is 2.41. The summed E-state index contributed by atoms with van der Waals surface area (Å²) < 4.78 is 0. The van der Waals surface area contributed by atoms with E-state index < -0.39 is 0 Å². The smallest absolute Gasteiger partial charge is 0.244 e. The maximum atomic E-state index is 12.9. The lowest BCUT2D eigenvalue weighted by Gasteiger charge is -2.38. The predicted octanol–water partition coefficient (Wildman–Crippen LogP) is 3.14. The van der Waals surface area contributed by atoms with Crippen LogP contribution in [0.5, 0.6) is 0 Å². The number of nitriles is 1. The van der Waals surface area contributed by atoms with Gasteiger partial charge in [-0.3, -0.25) is 4.79 Å². The highest BCUT2D eigenvalue weighted by Gasteiger charge is 2.44. The molecule has 3 N–H and O–H groups in total. The van der Waals surface area contributed by atoms with Crippen molar-refractivity contribution in [3.05, 3.63) is 45.8 Å². The van der Waals surface area contributed by atoms with Crippen LogP contribution in [0.4, 0.5) is 10.7 Å². The number of amides is 1. The molecule has 0 fully saturated rings. The van der Waals surface area contributed by atoms with E-state index in [-0.39, 0.29) is 17.0 Å². The van der Waals surface area contributed by atoms with Crippen molar-refractivity contribution in [3.8, 4) is 6.07 Å². The summed E-state index contributed by atoms with van der Waals surface area (Å²) in [6.07, 6.45) is 2.95. The standard InChI is InChI=1S/C23H28N4OS/c1-22(2)12-16-17(13-24)21(29-20(16)23(3,4)26-22)25-19(28)14-27-11-7-9-15-8-5-6-10-18(15)27/h5-6,8,10,26H,7,9,11-12,14H2,1-4H3,(H,25,28)/p+1. The molecular formula is C23H29N4OS+. The Morgan fingerprint density at radius 3 is 2.83 bits per heavy atom. The maximum absolute atomic E-state index is 12.9. The van der Waals surface area contributed by atoms with Crippen LogP contribution in [-0.4, -0.2) is 24.5 Å². The highest BCUT2D eigenvalue weighted by atomic mass is 32.1. The molecule has 0 saturated carbocycles. The minimum absolute atomic E-state index is 0.0297. The van der Waals surface area contributed by atoms with E-state index in [4.69, 9.17) is 0 Å². The molecule has 6 heteroatoms. The molecule has 1 amide bonds. The zero-order valence-corrected chi connectivity index (χ0v) is 18.4. The van der Waals surface area contributed by atoms with Gasteiger partial charge in [0, 0.05) is 18.7 Å². The number of nitrogens with two attached hydrogens (primary N) is 1. The van der Waals surface area contributed by atoms with Crippen LogP contribution in [-0.2, 0) is 23.2 Å². The summed E-state index contributed by atoms with van der Waals surface area (Å²) in [6.45, 7) is 10.0. The van der Waals surface area contributed by atoms with Crippen LogP contribution in [0, 0.1) is 11.3 Å². The fourth-order valence-electron chi connectivity index (χ4n) is 5.02. The van der Waals surface area contributed by atoms with Crippen molar-refractivity contribution in [2.45, 2.75) is 58.0 Å². The molecule has 0 radical (unpaired) electrons. The lowest BCUT2D eigenvalue weighted by Crippen LogP contribution is -3.03. The molecule has 29 heavy (non-hydrogen) atoms. The van der Waals surface area contributed by atoms with Gasteiger partial charge in [-0.1, -0.05) is 18.2 Å². The third-order valence-electron chi connectivity index (χ3n) is 5.88. The van der Waals surface area contributed by atoms with Crippen LogP contribution in [0.2, 0.25) is 0 Å². The largest absolute Gasteiger partial charge is 0.362 e. The number of hydrogen-bond acceptors (Lipinski definition) is 4. The number of carbonyl (C=O) groups is 1. The molecule has 2 aliphatic rings. The zero-order chi connectivity index (χ0) is 20.8. The second kappa shape index (κ2) is 7.16. The zero-order valence-electron chi connectivity index (χ0n) is 17.6. The second-order valence-corrected chi connectivity index (χ2v) is 10.5. The Bertz CT molecular complexity index is 999. The van der Waals surface area contributed by atoms with Gasteiger partial charge in [-0.05, 0) is 57.7 Å². The van der Waals surface area contributed by atoms with E-state index in [0.29, 0.717) is 17.1 Å². The number of para-hydroxylation sites is 1. The monoisotopic (exact) mass is 409 g/mol. The maximum Gasteiger partial charge on any atom is 0.244 e. The number of carbonyl (C=O) groups excluding carboxylic acids is 1.